The minimum absolute atomic E-state index is 0.0501. The number of hydrogen-bond acceptors (Lipinski definition) is 6. The van der Waals surface area contributed by atoms with Gasteiger partial charge >= 0.3 is 11.9 Å². The summed E-state index contributed by atoms with van der Waals surface area (Å²) < 4.78 is 9.99. The van der Waals surface area contributed by atoms with Crippen LogP contribution >= 0.6 is 0 Å². The van der Waals surface area contributed by atoms with Gasteiger partial charge in [-0.25, -0.2) is 9.59 Å². The number of rotatable bonds is 7. The average Bonchev–Trinajstić information content (AvgIpc) is 2.27. The van der Waals surface area contributed by atoms with Crippen LogP contribution < -0.4 is 11.5 Å². The first kappa shape index (κ1) is 17.0. The molecule has 0 aromatic carbocycles. The Morgan fingerprint density at radius 3 is 1.63 bits per heavy atom. The van der Waals surface area contributed by atoms with E-state index in [0.29, 0.717) is 11.4 Å². The lowest BCUT2D eigenvalue weighted by Crippen LogP contribution is -2.20. The van der Waals surface area contributed by atoms with E-state index in [0.717, 1.165) is 6.42 Å². The van der Waals surface area contributed by atoms with Gasteiger partial charge in [-0.1, -0.05) is 6.92 Å². The summed E-state index contributed by atoms with van der Waals surface area (Å²) >= 11 is 0. The molecule has 0 unspecified atom stereocenters. The fourth-order valence-electron chi connectivity index (χ4n) is 1.14. The highest BCUT2D eigenvalue weighted by Crippen LogP contribution is 2.05. The van der Waals surface area contributed by atoms with Crippen LogP contribution in [0, 0.1) is 5.92 Å². The largest absolute Gasteiger partial charge is 0.462 e. The Kier molecular flexibility index (Phi) is 8.08. The zero-order valence-corrected chi connectivity index (χ0v) is 11.6. The van der Waals surface area contributed by atoms with E-state index in [9.17, 15) is 9.59 Å². The Morgan fingerprint density at radius 1 is 1.00 bits per heavy atom. The third-order valence-corrected chi connectivity index (χ3v) is 2.19. The van der Waals surface area contributed by atoms with E-state index in [1.54, 1.807) is 13.8 Å². The molecule has 0 amide bonds. The van der Waals surface area contributed by atoms with Gasteiger partial charge in [0.05, 0.1) is 13.2 Å². The van der Waals surface area contributed by atoms with Crippen molar-refractivity contribution in [3.8, 4) is 0 Å². The van der Waals surface area contributed by atoms with Crippen molar-refractivity contribution in [2.45, 2.75) is 27.2 Å². The molecule has 0 spiro atoms. The standard InChI is InChI=1S/C13H22N2O4/c1-4-11(7-18-12(16)5-9(2)14)8-19-13(17)6-10(3)15/h5-6,11H,4,7-8,14-15H2,1-3H3. The van der Waals surface area contributed by atoms with Crippen LogP contribution in [0.4, 0.5) is 0 Å². The van der Waals surface area contributed by atoms with Gasteiger partial charge in [0.1, 0.15) is 0 Å². The van der Waals surface area contributed by atoms with Crippen LogP contribution in [0.3, 0.4) is 0 Å². The molecular weight excluding hydrogens is 248 g/mol. The van der Waals surface area contributed by atoms with Gasteiger partial charge in [0, 0.05) is 29.5 Å². The van der Waals surface area contributed by atoms with E-state index in [2.05, 4.69) is 0 Å². The van der Waals surface area contributed by atoms with Gasteiger partial charge in [-0.3, -0.25) is 0 Å². The van der Waals surface area contributed by atoms with Crippen molar-refractivity contribution in [2.75, 3.05) is 13.2 Å². The van der Waals surface area contributed by atoms with Crippen LogP contribution in [-0.2, 0) is 19.1 Å². The third kappa shape index (κ3) is 9.70. The maximum atomic E-state index is 11.2. The molecule has 4 N–H and O–H groups in total. The summed E-state index contributed by atoms with van der Waals surface area (Å²) in [5, 5.41) is 0. The minimum Gasteiger partial charge on any atom is -0.462 e. The van der Waals surface area contributed by atoms with Crippen molar-refractivity contribution in [1.82, 2.24) is 0 Å². The molecule has 0 atom stereocenters. The van der Waals surface area contributed by atoms with Crippen LogP contribution in [0.2, 0.25) is 0 Å². The predicted octanol–water partition coefficient (Wildman–Crippen LogP) is 0.824. The number of allylic oxidation sites excluding steroid dienone is 2. The summed E-state index contributed by atoms with van der Waals surface area (Å²) in [6.45, 7) is 5.47. The number of carbonyl (C=O) groups is 2. The van der Waals surface area contributed by atoms with Gasteiger partial charge in [0.25, 0.3) is 0 Å². The van der Waals surface area contributed by atoms with Gasteiger partial charge in [0.15, 0.2) is 0 Å². The molecule has 0 aromatic heterocycles. The summed E-state index contributed by atoms with van der Waals surface area (Å²) in [5.41, 5.74) is 11.5. The van der Waals surface area contributed by atoms with Crippen LogP contribution in [0.5, 0.6) is 0 Å². The Balaban J connectivity index is 4.09. The lowest BCUT2D eigenvalue weighted by atomic mass is 10.1. The second-order valence-electron chi connectivity index (χ2n) is 4.31. The average molecular weight is 270 g/mol. The van der Waals surface area contributed by atoms with Crippen molar-refractivity contribution in [2.24, 2.45) is 17.4 Å². The Bertz CT molecular complexity index is 333. The second kappa shape index (κ2) is 9.02. The van der Waals surface area contributed by atoms with E-state index < -0.39 is 11.9 Å². The molecule has 6 nitrogen and oxygen atoms in total. The monoisotopic (exact) mass is 270 g/mol. The van der Waals surface area contributed by atoms with Gasteiger partial charge in [-0.15, -0.1) is 0 Å². The summed E-state index contributed by atoms with van der Waals surface area (Å²) in [7, 11) is 0. The molecule has 0 bridgehead atoms. The molecule has 0 saturated heterocycles. The highest BCUT2D eigenvalue weighted by atomic mass is 16.5. The molecule has 19 heavy (non-hydrogen) atoms. The number of ether oxygens (including phenoxy) is 2. The summed E-state index contributed by atoms with van der Waals surface area (Å²) in [5.74, 6) is -1.05. The van der Waals surface area contributed by atoms with Gasteiger partial charge < -0.3 is 20.9 Å². The lowest BCUT2D eigenvalue weighted by Gasteiger charge is -2.14. The molecule has 108 valence electrons. The number of carbonyl (C=O) groups excluding carboxylic acids is 2. The van der Waals surface area contributed by atoms with Gasteiger partial charge in [-0.05, 0) is 20.3 Å². The molecule has 0 aromatic rings. The Morgan fingerprint density at radius 2 is 1.37 bits per heavy atom. The molecule has 0 saturated carbocycles. The van der Waals surface area contributed by atoms with Crippen LogP contribution in [0.1, 0.15) is 27.2 Å². The molecule has 0 rings (SSSR count). The summed E-state index contributed by atoms with van der Waals surface area (Å²) in [4.78, 5) is 22.5. The lowest BCUT2D eigenvalue weighted by molar-refractivity contribution is -0.143. The van der Waals surface area contributed by atoms with E-state index in [4.69, 9.17) is 20.9 Å². The number of nitrogens with two attached hydrogens (primary N) is 2. The van der Waals surface area contributed by atoms with Crippen molar-refractivity contribution in [3.63, 3.8) is 0 Å². The maximum Gasteiger partial charge on any atom is 0.332 e. The molecule has 0 aliphatic rings. The molecule has 0 radical (unpaired) electrons. The van der Waals surface area contributed by atoms with Gasteiger partial charge in [-0.2, -0.15) is 0 Å². The predicted molar refractivity (Wildman–Crippen MR) is 71.6 cm³/mol. The third-order valence-electron chi connectivity index (χ3n) is 2.19. The van der Waals surface area contributed by atoms with Gasteiger partial charge in [0.2, 0.25) is 0 Å². The van der Waals surface area contributed by atoms with E-state index in [1.807, 2.05) is 6.92 Å². The SMILES string of the molecule is CCC(COC(=O)C=C(C)N)COC(=O)C=C(C)N. The van der Waals surface area contributed by atoms with Crippen molar-refractivity contribution >= 4 is 11.9 Å². The quantitative estimate of drug-likeness (QED) is 0.524. The van der Waals surface area contributed by atoms with E-state index in [1.165, 1.54) is 12.2 Å². The molecular formula is C13H22N2O4. The highest BCUT2D eigenvalue weighted by Gasteiger charge is 2.11. The highest BCUT2D eigenvalue weighted by molar-refractivity contribution is 5.83. The molecule has 6 heteroatoms. The number of hydrogen-bond donors (Lipinski definition) is 2. The molecule has 0 fully saturated rings. The van der Waals surface area contributed by atoms with Crippen LogP contribution in [-0.4, -0.2) is 25.2 Å². The van der Waals surface area contributed by atoms with Crippen LogP contribution in [0.15, 0.2) is 23.5 Å². The Labute approximate surface area is 113 Å². The van der Waals surface area contributed by atoms with Crippen molar-refractivity contribution in [1.29, 1.82) is 0 Å². The molecule has 0 heterocycles. The Hall–Kier alpha value is -1.98. The van der Waals surface area contributed by atoms with E-state index >= 15 is 0 Å². The van der Waals surface area contributed by atoms with Crippen molar-refractivity contribution in [3.05, 3.63) is 23.5 Å². The maximum absolute atomic E-state index is 11.2. The second-order valence-corrected chi connectivity index (χ2v) is 4.31. The molecule has 0 aliphatic carbocycles. The summed E-state index contributed by atoms with van der Waals surface area (Å²) in [6, 6.07) is 0. The summed E-state index contributed by atoms with van der Waals surface area (Å²) in [6.07, 6.45) is 3.13. The zero-order valence-electron chi connectivity index (χ0n) is 11.6. The van der Waals surface area contributed by atoms with Crippen molar-refractivity contribution < 1.29 is 19.1 Å². The first-order valence-electron chi connectivity index (χ1n) is 6.06. The fourth-order valence-corrected chi connectivity index (χ4v) is 1.14. The zero-order chi connectivity index (χ0) is 14.8. The minimum atomic E-state index is -0.498. The normalized spacial score (nSPS) is 13.8. The fraction of sp³-hybridized carbons (Fsp3) is 0.538. The first-order valence-corrected chi connectivity index (χ1v) is 6.06. The topological polar surface area (TPSA) is 105 Å². The smallest absolute Gasteiger partial charge is 0.332 e. The number of esters is 2. The van der Waals surface area contributed by atoms with Crippen LogP contribution in [0.25, 0.3) is 0 Å². The van der Waals surface area contributed by atoms with E-state index in [-0.39, 0.29) is 19.1 Å². The first-order chi connectivity index (χ1) is 8.85. The molecule has 0 aliphatic heterocycles.